The first-order chi connectivity index (χ1) is 5.15. The van der Waals surface area contributed by atoms with Gasteiger partial charge in [-0.15, -0.1) is 0 Å². The maximum atomic E-state index is 12.8. The molecule has 1 aromatic rings. The molecule has 0 heterocycles. The summed E-state index contributed by atoms with van der Waals surface area (Å²) >= 11 is 12.0. The van der Waals surface area contributed by atoms with E-state index in [2.05, 4.69) is 31.9 Å². The molecule has 11 heavy (non-hydrogen) atoms. The standard InChI is InChI=1S/C7H4Br2ClF/c8-3-4-1-7(11)5(9)2-6(4)10/h1-2H,3H2. The Bertz CT molecular complexity index is 275. The third kappa shape index (κ3) is 2.17. The zero-order chi connectivity index (χ0) is 8.43. The third-order valence-electron chi connectivity index (χ3n) is 1.23. The van der Waals surface area contributed by atoms with Gasteiger partial charge in [0.2, 0.25) is 0 Å². The Morgan fingerprint density at radius 2 is 2.09 bits per heavy atom. The lowest BCUT2D eigenvalue weighted by molar-refractivity contribution is 0.620. The Labute approximate surface area is 86.0 Å². The lowest BCUT2D eigenvalue weighted by Gasteiger charge is -2.00. The molecule has 0 fully saturated rings. The second-order valence-electron chi connectivity index (χ2n) is 1.99. The van der Waals surface area contributed by atoms with E-state index >= 15 is 0 Å². The molecule has 0 aliphatic rings. The lowest BCUT2D eigenvalue weighted by atomic mass is 10.2. The Hall–Kier alpha value is 0.400. The fourth-order valence-electron chi connectivity index (χ4n) is 0.666. The van der Waals surface area contributed by atoms with Crippen LogP contribution < -0.4 is 0 Å². The van der Waals surface area contributed by atoms with E-state index in [9.17, 15) is 4.39 Å². The van der Waals surface area contributed by atoms with Gasteiger partial charge in [0.1, 0.15) is 5.82 Å². The molecule has 0 atom stereocenters. The van der Waals surface area contributed by atoms with Crippen molar-refractivity contribution in [2.24, 2.45) is 0 Å². The molecule has 0 N–H and O–H groups in total. The van der Waals surface area contributed by atoms with Crippen molar-refractivity contribution in [1.82, 2.24) is 0 Å². The highest BCUT2D eigenvalue weighted by molar-refractivity contribution is 9.10. The summed E-state index contributed by atoms with van der Waals surface area (Å²) in [6.07, 6.45) is 0. The van der Waals surface area contributed by atoms with Crippen molar-refractivity contribution >= 4 is 43.5 Å². The molecule has 0 saturated heterocycles. The van der Waals surface area contributed by atoms with Crippen LogP contribution in [0, 0.1) is 5.82 Å². The minimum Gasteiger partial charge on any atom is -0.206 e. The van der Waals surface area contributed by atoms with Gasteiger partial charge in [0.05, 0.1) is 4.47 Å². The van der Waals surface area contributed by atoms with Crippen LogP contribution in [0.2, 0.25) is 5.02 Å². The molecule has 4 heteroatoms. The van der Waals surface area contributed by atoms with Gasteiger partial charge < -0.3 is 0 Å². The van der Waals surface area contributed by atoms with Crippen LogP contribution in [0.1, 0.15) is 5.56 Å². The number of alkyl halides is 1. The van der Waals surface area contributed by atoms with Gasteiger partial charge in [0, 0.05) is 10.4 Å². The SMILES string of the molecule is Fc1cc(CBr)c(Cl)cc1Br. The van der Waals surface area contributed by atoms with Crippen molar-refractivity contribution < 1.29 is 4.39 Å². The molecule has 60 valence electrons. The molecule has 1 aromatic carbocycles. The molecule has 0 nitrogen and oxygen atoms in total. The van der Waals surface area contributed by atoms with E-state index in [0.717, 1.165) is 5.56 Å². The maximum absolute atomic E-state index is 12.8. The first kappa shape index (κ1) is 9.49. The van der Waals surface area contributed by atoms with Gasteiger partial charge in [0.25, 0.3) is 0 Å². The first-order valence-electron chi connectivity index (χ1n) is 2.84. The number of halogens is 4. The Balaban J connectivity index is 3.21. The highest BCUT2D eigenvalue weighted by Crippen LogP contribution is 2.25. The molecule has 0 amide bonds. The van der Waals surface area contributed by atoms with E-state index in [4.69, 9.17) is 11.6 Å². The summed E-state index contributed by atoms with van der Waals surface area (Å²) in [6, 6.07) is 2.95. The van der Waals surface area contributed by atoms with E-state index in [-0.39, 0.29) is 5.82 Å². The number of benzene rings is 1. The topological polar surface area (TPSA) is 0 Å². The average Bonchev–Trinajstić information content (AvgIpc) is 1.97. The highest BCUT2D eigenvalue weighted by Gasteiger charge is 2.04. The van der Waals surface area contributed by atoms with E-state index in [0.29, 0.717) is 14.8 Å². The molecule has 0 radical (unpaired) electrons. The zero-order valence-corrected chi connectivity index (χ0v) is 9.30. The minimum atomic E-state index is -0.288. The molecule has 0 aromatic heterocycles. The van der Waals surface area contributed by atoms with Crippen molar-refractivity contribution in [2.45, 2.75) is 5.33 Å². The van der Waals surface area contributed by atoms with Crippen molar-refractivity contribution in [3.05, 3.63) is 33.0 Å². The average molecular weight is 302 g/mol. The van der Waals surface area contributed by atoms with Crippen molar-refractivity contribution in [3.63, 3.8) is 0 Å². The van der Waals surface area contributed by atoms with Gasteiger partial charge in [0.15, 0.2) is 0 Å². The second kappa shape index (κ2) is 3.87. The zero-order valence-electron chi connectivity index (χ0n) is 5.37. The molecule has 0 unspecified atom stereocenters. The number of hydrogen-bond acceptors (Lipinski definition) is 0. The Morgan fingerprint density at radius 1 is 1.45 bits per heavy atom. The van der Waals surface area contributed by atoms with Crippen LogP contribution in [-0.2, 0) is 5.33 Å². The summed E-state index contributed by atoms with van der Waals surface area (Å²) in [5.74, 6) is -0.288. The van der Waals surface area contributed by atoms with E-state index in [1.54, 1.807) is 6.07 Å². The van der Waals surface area contributed by atoms with Crippen LogP contribution in [0.3, 0.4) is 0 Å². The van der Waals surface area contributed by atoms with Crippen molar-refractivity contribution in [1.29, 1.82) is 0 Å². The first-order valence-corrected chi connectivity index (χ1v) is 5.13. The molecule has 0 spiro atoms. The summed E-state index contributed by atoms with van der Waals surface area (Å²) in [6.45, 7) is 0. The van der Waals surface area contributed by atoms with Crippen LogP contribution in [0.15, 0.2) is 16.6 Å². The van der Waals surface area contributed by atoms with Crippen LogP contribution in [0.4, 0.5) is 4.39 Å². The summed E-state index contributed by atoms with van der Waals surface area (Å²) in [4.78, 5) is 0. The van der Waals surface area contributed by atoms with Crippen molar-refractivity contribution in [3.8, 4) is 0 Å². The Morgan fingerprint density at radius 3 is 2.64 bits per heavy atom. The second-order valence-corrected chi connectivity index (χ2v) is 3.81. The van der Waals surface area contributed by atoms with Crippen LogP contribution >= 0.6 is 43.5 Å². The fourth-order valence-corrected chi connectivity index (χ4v) is 2.00. The molecule has 0 aliphatic heterocycles. The summed E-state index contributed by atoms with van der Waals surface area (Å²) in [5.41, 5.74) is 0.757. The van der Waals surface area contributed by atoms with Crippen LogP contribution in [0.5, 0.6) is 0 Å². The van der Waals surface area contributed by atoms with Gasteiger partial charge in [-0.1, -0.05) is 27.5 Å². The summed E-state index contributed by atoms with van der Waals surface area (Å²) in [5, 5.41) is 1.13. The summed E-state index contributed by atoms with van der Waals surface area (Å²) in [7, 11) is 0. The fraction of sp³-hybridized carbons (Fsp3) is 0.143. The largest absolute Gasteiger partial charge is 0.206 e. The highest BCUT2D eigenvalue weighted by atomic mass is 79.9. The Kier molecular flexibility index (Phi) is 3.34. The third-order valence-corrected chi connectivity index (χ3v) is 2.80. The lowest BCUT2D eigenvalue weighted by Crippen LogP contribution is -1.84. The molecule has 0 bridgehead atoms. The smallest absolute Gasteiger partial charge is 0.137 e. The maximum Gasteiger partial charge on any atom is 0.137 e. The van der Waals surface area contributed by atoms with Crippen LogP contribution in [0.25, 0.3) is 0 Å². The molecular formula is C7H4Br2ClF. The molecule has 0 aliphatic carbocycles. The van der Waals surface area contributed by atoms with E-state index < -0.39 is 0 Å². The van der Waals surface area contributed by atoms with E-state index in [1.807, 2.05) is 0 Å². The molecule has 0 saturated carbocycles. The van der Waals surface area contributed by atoms with Gasteiger partial charge in [-0.25, -0.2) is 4.39 Å². The molecular weight excluding hydrogens is 298 g/mol. The predicted octanol–water partition coefficient (Wildman–Crippen LogP) is 4.14. The van der Waals surface area contributed by atoms with Gasteiger partial charge in [-0.3, -0.25) is 0 Å². The molecule has 1 rings (SSSR count). The van der Waals surface area contributed by atoms with Gasteiger partial charge in [-0.2, -0.15) is 0 Å². The number of hydrogen-bond donors (Lipinski definition) is 0. The predicted molar refractivity (Wildman–Crippen MR) is 51.7 cm³/mol. The van der Waals surface area contributed by atoms with E-state index in [1.165, 1.54) is 6.07 Å². The van der Waals surface area contributed by atoms with Crippen LogP contribution in [-0.4, -0.2) is 0 Å². The normalized spacial score (nSPS) is 10.2. The minimum absolute atomic E-state index is 0.288. The van der Waals surface area contributed by atoms with Gasteiger partial charge >= 0.3 is 0 Å². The monoisotopic (exact) mass is 300 g/mol. The van der Waals surface area contributed by atoms with Gasteiger partial charge in [-0.05, 0) is 33.6 Å². The summed E-state index contributed by atoms with van der Waals surface area (Å²) < 4.78 is 13.2. The van der Waals surface area contributed by atoms with Crippen molar-refractivity contribution in [2.75, 3.05) is 0 Å². The quantitative estimate of drug-likeness (QED) is 0.540. The number of rotatable bonds is 1.